The summed E-state index contributed by atoms with van der Waals surface area (Å²) in [6.45, 7) is 3.70. The first-order valence-corrected chi connectivity index (χ1v) is 3.78. The molecular weight excluding hydrogens is 217 g/mol. The second-order valence-electron chi connectivity index (χ2n) is 2.41. The van der Waals surface area contributed by atoms with Gasteiger partial charge in [-0.25, -0.2) is 0 Å². The zero-order chi connectivity index (χ0) is 7.82. The van der Waals surface area contributed by atoms with Crippen LogP contribution in [0.3, 0.4) is 0 Å². The number of hydrogen-bond donors (Lipinski definition) is 1. The van der Waals surface area contributed by atoms with Gasteiger partial charge in [-0.1, -0.05) is 19.3 Å². The van der Waals surface area contributed by atoms with Crippen LogP contribution in [-0.4, -0.2) is 11.1 Å². The molecule has 0 aliphatic rings. The molecule has 0 aliphatic carbocycles. The van der Waals surface area contributed by atoms with E-state index in [0.717, 1.165) is 32.1 Å². The fraction of sp³-hybridized carbons (Fsp3) is 0.750. The maximum absolute atomic E-state index is 10.0. The standard InChI is InChI=1S/C8H15O2.Y/c1-2-3-4-5-6-7-8(9)10;/h1-7H2,(H,9,10);/q-1;. The van der Waals surface area contributed by atoms with Crippen molar-refractivity contribution in [3.8, 4) is 0 Å². The van der Waals surface area contributed by atoms with Crippen LogP contribution in [0.4, 0.5) is 0 Å². The van der Waals surface area contributed by atoms with Gasteiger partial charge < -0.3 is 12.0 Å². The van der Waals surface area contributed by atoms with Gasteiger partial charge in [0.15, 0.2) is 0 Å². The minimum Gasteiger partial charge on any atom is -0.481 e. The van der Waals surface area contributed by atoms with E-state index in [9.17, 15) is 4.79 Å². The first kappa shape index (κ1) is 14.1. The third-order valence-electron chi connectivity index (χ3n) is 1.39. The van der Waals surface area contributed by atoms with Crippen molar-refractivity contribution >= 4 is 5.97 Å². The van der Waals surface area contributed by atoms with Gasteiger partial charge >= 0.3 is 5.97 Å². The Hall–Kier alpha value is 0.574. The van der Waals surface area contributed by atoms with E-state index in [1.165, 1.54) is 0 Å². The fourth-order valence-electron chi connectivity index (χ4n) is 0.807. The molecule has 0 aromatic rings. The summed E-state index contributed by atoms with van der Waals surface area (Å²) in [5, 5.41) is 8.26. The first-order valence-electron chi connectivity index (χ1n) is 3.78. The summed E-state index contributed by atoms with van der Waals surface area (Å²) in [6, 6.07) is 0. The summed E-state index contributed by atoms with van der Waals surface area (Å²) in [5.41, 5.74) is 0. The number of rotatable bonds is 6. The summed E-state index contributed by atoms with van der Waals surface area (Å²) in [6.07, 6.45) is 5.37. The Morgan fingerprint density at radius 2 is 1.73 bits per heavy atom. The predicted octanol–water partition coefficient (Wildman–Crippen LogP) is 2.24. The monoisotopic (exact) mass is 232 g/mol. The zero-order valence-corrected chi connectivity index (χ0v) is 9.72. The minimum atomic E-state index is -0.686. The van der Waals surface area contributed by atoms with Crippen LogP contribution < -0.4 is 0 Å². The average molecular weight is 232 g/mol. The Morgan fingerprint density at radius 3 is 2.18 bits per heavy atom. The molecule has 1 radical (unpaired) electrons. The largest absolute Gasteiger partial charge is 0.481 e. The number of unbranched alkanes of at least 4 members (excludes halogenated alkanes) is 4. The number of carbonyl (C=O) groups is 1. The van der Waals surface area contributed by atoms with E-state index >= 15 is 0 Å². The first-order chi connectivity index (χ1) is 4.77. The molecule has 0 aliphatic heterocycles. The quantitative estimate of drug-likeness (QED) is 0.563. The second kappa shape index (κ2) is 10.6. The molecule has 0 atom stereocenters. The second-order valence-corrected chi connectivity index (χ2v) is 2.41. The maximum Gasteiger partial charge on any atom is 0.303 e. The smallest absolute Gasteiger partial charge is 0.303 e. The van der Waals surface area contributed by atoms with Crippen molar-refractivity contribution in [1.82, 2.24) is 0 Å². The fourth-order valence-corrected chi connectivity index (χ4v) is 0.807. The van der Waals surface area contributed by atoms with Crippen molar-refractivity contribution in [3.05, 3.63) is 6.92 Å². The third-order valence-corrected chi connectivity index (χ3v) is 1.39. The Labute approximate surface area is 93.6 Å². The van der Waals surface area contributed by atoms with Crippen molar-refractivity contribution in [2.24, 2.45) is 0 Å². The SMILES string of the molecule is [CH2-]CCCCCCC(=O)O.[Y]. The van der Waals surface area contributed by atoms with Crippen molar-refractivity contribution in [1.29, 1.82) is 0 Å². The number of carboxylic acid groups (broad SMARTS) is 1. The van der Waals surface area contributed by atoms with E-state index in [4.69, 9.17) is 5.11 Å². The molecule has 11 heavy (non-hydrogen) atoms. The Bertz CT molecular complexity index is 94.1. The van der Waals surface area contributed by atoms with Crippen LogP contribution in [0.2, 0.25) is 0 Å². The van der Waals surface area contributed by atoms with Gasteiger partial charge in [0, 0.05) is 39.1 Å². The molecule has 0 spiro atoms. The van der Waals surface area contributed by atoms with E-state index < -0.39 is 5.97 Å². The number of hydrogen-bond acceptors (Lipinski definition) is 1. The van der Waals surface area contributed by atoms with Gasteiger partial charge in [-0.3, -0.25) is 4.79 Å². The van der Waals surface area contributed by atoms with Crippen LogP contribution >= 0.6 is 0 Å². The molecule has 0 fully saturated rings. The molecule has 0 bridgehead atoms. The Morgan fingerprint density at radius 1 is 1.18 bits per heavy atom. The van der Waals surface area contributed by atoms with Crippen LogP contribution in [0.15, 0.2) is 0 Å². The van der Waals surface area contributed by atoms with Crippen LogP contribution in [0.1, 0.15) is 38.5 Å². The van der Waals surface area contributed by atoms with Crippen LogP contribution in [0, 0.1) is 6.92 Å². The minimum absolute atomic E-state index is 0. The van der Waals surface area contributed by atoms with Gasteiger partial charge in [0.05, 0.1) is 0 Å². The van der Waals surface area contributed by atoms with Gasteiger partial charge in [0.2, 0.25) is 0 Å². The third kappa shape index (κ3) is 13.6. The van der Waals surface area contributed by atoms with Crippen LogP contribution in [-0.2, 0) is 37.5 Å². The molecule has 63 valence electrons. The van der Waals surface area contributed by atoms with E-state index in [-0.39, 0.29) is 32.7 Å². The molecule has 0 amide bonds. The molecule has 0 saturated carbocycles. The molecule has 3 heteroatoms. The van der Waals surface area contributed by atoms with Gasteiger partial charge in [0.25, 0.3) is 0 Å². The van der Waals surface area contributed by atoms with E-state index in [1.807, 2.05) is 0 Å². The molecule has 1 N–H and O–H groups in total. The average Bonchev–Trinajstić information content (AvgIpc) is 1.87. The number of carboxylic acids is 1. The van der Waals surface area contributed by atoms with E-state index in [0.29, 0.717) is 6.42 Å². The molecular formula is C8H15O2Y-. The van der Waals surface area contributed by atoms with Gasteiger partial charge in [-0.15, -0.1) is 0 Å². The van der Waals surface area contributed by atoms with Crippen molar-refractivity contribution < 1.29 is 42.6 Å². The Balaban J connectivity index is 0. The molecule has 0 rings (SSSR count). The van der Waals surface area contributed by atoms with Crippen molar-refractivity contribution in [2.75, 3.05) is 0 Å². The van der Waals surface area contributed by atoms with Crippen molar-refractivity contribution in [3.63, 3.8) is 0 Å². The molecule has 0 aromatic carbocycles. The van der Waals surface area contributed by atoms with Gasteiger partial charge in [-0.05, 0) is 6.42 Å². The molecule has 2 nitrogen and oxygen atoms in total. The predicted molar refractivity (Wildman–Crippen MR) is 40.7 cm³/mol. The molecule has 0 aromatic heterocycles. The topological polar surface area (TPSA) is 37.3 Å². The summed E-state index contributed by atoms with van der Waals surface area (Å²) in [5.74, 6) is -0.686. The number of aliphatic carboxylic acids is 1. The zero-order valence-electron chi connectivity index (χ0n) is 6.88. The van der Waals surface area contributed by atoms with E-state index in [2.05, 4.69) is 6.92 Å². The van der Waals surface area contributed by atoms with Gasteiger partial charge in [-0.2, -0.15) is 6.42 Å². The Kier molecular flexibility index (Phi) is 13.6. The normalized spacial score (nSPS) is 8.82. The summed E-state index contributed by atoms with van der Waals surface area (Å²) in [7, 11) is 0. The molecule has 0 unspecified atom stereocenters. The summed E-state index contributed by atoms with van der Waals surface area (Å²) >= 11 is 0. The van der Waals surface area contributed by atoms with Crippen LogP contribution in [0.5, 0.6) is 0 Å². The maximum atomic E-state index is 10.0. The summed E-state index contributed by atoms with van der Waals surface area (Å²) < 4.78 is 0. The van der Waals surface area contributed by atoms with Crippen molar-refractivity contribution in [2.45, 2.75) is 38.5 Å². The molecule has 0 heterocycles. The summed E-state index contributed by atoms with van der Waals surface area (Å²) in [4.78, 5) is 10.0. The van der Waals surface area contributed by atoms with E-state index in [1.54, 1.807) is 0 Å². The van der Waals surface area contributed by atoms with Crippen LogP contribution in [0.25, 0.3) is 0 Å². The molecule has 0 saturated heterocycles. The van der Waals surface area contributed by atoms with Gasteiger partial charge in [0.1, 0.15) is 0 Å².